The average molecular weight is 296 g/mol. The van der Waals surface area contributed by atoms with E-state index in [1.54, 1.807) is 26.4 Å². The molecule has 0 spiro atoms. The van der Waals surface area contributed by atoms with Crippen molar-refractivity contribution < 1.29 is 19.4 Å². The Kier molecular flexibility index (Phi) is 4.29. The molecule has 1 heterocycles. The SMILES string of the molecule is COc1cc2cc(CCC(=O)O)c(Cl)nc2cc1OC. The summed E-state index contributed by atoms with van der Waals surface area (Å²) >= 11 is 6.08. The second kappa shape index (κ2) is 5.96. The number of rotatable bonds is 5. The van der Waals surface area contributed by atoms with Gasteiger partial charge in [-0.05, 0) is 24.1 Å². The van der Waals surface area contributed by atoms with Crippen molar-refractivity contribution in [3.63, 3.8) is 0 Å². The third-order valence-corrected chi connectivity index (χ3v) is 3.28. The number of halogens is 1. The molecule has 0 atom stereocenters. The molecule has 0 aliphatic heterocycles. The van der Waals surface area contributed by atoms with Gasteiger partial charge < -0.3 is 14.6 Å². The minimum atomic E-state index is -0.867. The Labute approximate surface area is 121 Å². The van der Waals surface area contributed by atoms with Crippen LogP contribution in [-0.4, -0.2) is 30.3 Å². The highest BCUT2D eigenvalue weighted by Gasteiger charge is 2.11. The van der Waals surface area contributed by atoms with Crippen LogP contribution in [0.15, 0.2) is 18.2 Å². The Hall–Kier alpha value is -2.01. The highest BCUT2D eigenvalue weighted by molar-refractivity contribution is 6.30. The molecule has 2 aromatic rings. The van der Waals surface area contributed by atoms with Gasteiger partial charge in [0.1, 0.15) is 5.15 Å². The second-order valence-corrected chi connectivity index (χ2v) is 4.59. The molecule has 1 aromatic heterocycles. The maximum Gasteiger partial charge on any atom is 0.303 e. The van der Waals surface area contributed by atoms with Crippen molar-refractivity contribution in [2.45, 2.75) is 12.8 Å². The first-order chi connectivity index (χ1) is 9.55. The summed E-state index contributed by atoms with van der Waals surface area (Å²) in [5.41, 5.74) is 1.38. The monoisotopic (exact) mass is 295 g/mol. The van der Waals surface area contributed by atoms with Crippen molar-refractivity contribution in [1.29, 1.82) is 0 Å². The van der Waals surface area contributed by atoms with E-state index in [-0.39, 0.29) is 6.42 Å². The van der Waals surface area contributed by atoms with E-state index >= 15 is 0 Å². The Bertz CT molecular complexity index is 657. The number of aryl methyl sites for hydroxylation is 1. The fourth-order valence-electron chi connectivity index (χ4n) is 1.94. The first-order valence-electron chi connectivity index (χ1n) is 5.98. The molecule has 5 nitrogen and oxygen atoms in total. The van der Waals surface area contributed by atoms with Gasteiger partial charge in [-0.3, -0.25) is 4.79 Å². The van der Waals surface area contributed by atoms with Gasteiger partial charge in [0.15, 0.2) is 11.5 Å². The highest BCUT2D eigenvalue weighted by Crippen LogP contribution is 2.33. The molecule has 0 saturated heterocycles. The minimum absolute atomic E-state index is 0.0141. The molecule has 0 bridgehead atoms. The van der Waals surface area contributed by atoms with Crippen LogP contribution in [0.25, 0.3) is 10.9 Å². The van der Waals surface area contributed by atoms with Crippen molar-refractivity contribution in [2.24, 2.45) is 0 Å². The van der Waals surface area contributed by atoms with Gasteiger partial charge in [0.05, 0.1) is 19.7 Å². The lowest BCUT2D eigenvalue weighted by Gasteiger charge is -2.10. The van der Waals surface area contributed by atoms with Gasteiger partial charge in [-0.2, -0.15) is 0 Å². The molecule has 20 heavy (non-hydrogen) atoms. The van der Waals surface area contributed by atoms with E-state index in [0.717, 1.165) is 5.39 Å². The Morgan fingerprint density at radius 1 is 1.25 bits per heavy atom. The zero-order valence-electron chi connectivity index (χ0n) is 11.1. The van der Waals surface area contributed by atoms with Crippen LogP contribution >= 0.6 is 11.6 Å². The van der Waals surface area contributed by atoms with Crippen molar-refractivity contribution in [2.75, 3.05) is 14.2 Å². The number of aromatic nitrogens is 1. The van der Waals surface area contributed by atoms with Gasteiger partial charge >= 0.3 is 5.97 Å². The standard InChI is InChI=1S/C14H14ClNO4/c1-19-11-6-9-5-8(3-4-13(17)18)14(15)16-10(9)7-12(11)20-2/h5-7H,3-4H2,1-2H3,(H,17,18). The van der Waals surface area contributed by atoms with Crippen molar-refractivity contribution in [1.82, 2.24) is 4.98 Å². The minimum Gasteiger partial charge on any atom is -0.493 e. The van der Waals surface area contributed by atoms with Crippen LogP contribution in [-0.2, 0) is 11.2 Å². The molecule has 0 amide bonds. The lowest BCUT2D eigenvalue weighted by Crippen LogP contribution is -1.99. The number of ether oxygens (including phenoxy) is 2. The Balaban J connectivity index is 2.49. The third kappa shape index (κ3) is 2.93. The van der Waals surface area contributed by atoms with E-state index < -0.39 is 5.97 Å². The number of benzene rings is 1. The molecule has 0 aliphatic rings. The first-order valence-corrected chi connectivity index (χ1v) is 6.36. The summed E-state index contributed by atoms with van der Waals surface area (Å²) in [6.45, 7) is 0. The predicted molar refractivity (Wildman–Crippen MR) is 75.8 cm³/mol. The highest BCUT2D eigenvalue weighted by atomic mass is 35.5. The number of fused-ring (bicyclic) bond motifs is 1. The number of hydrogen-bond acceptors (Lipinski definition) is 4. The van der Waals surface area contributed by atoms with E-state index in [9.17, 15) is 4.79 Å². The van der Waals surface area contributed by atoms with Crippen LogP contribution in [0.4, 0.5) is 0 Å². The second-order valence-electron chi connectivity index (χ2n) is 4.23. The molecule has 1 N–H and O–H groups in total. The molecule has 2 rings (SSSR count). The molecule has 0 fully saturated rings. The number of carboxylic acid groups (broad SMARTS) is 1. The Morgan fingerprint density at radius 2 is 1.90 bits per heavy atom. The Morgan fingerprint density at radius 3 is 2.50 bits per heavy atom. The molecule has 0 radical (unpaired) electrons. The molecule has 1 aromatic carbocycles. The molecule has 0 unspecified atom stereocenters. The van der Waals surface area contributed by atoms with Gasteiger partial charge in [0.25, 0.3) is 0 Å². The molecular weight excluding hydrogens is 282 g/mol. The lowest BCUT2D eigenvalue weighted by molar-refractivity contribution is -0.136. The summed E-state index contributed by atoms with van der Waals surface area (Å²) in [6.07, 6.45) is 0.353. The van der Waals surface area contributed by atoms with Gasteiger partial charge in [0, 0.05) is 17.9 Å². The summed E-state index contributed by atoms with van der Waals surface area (Å²) in [7, 11) is 3.10. The number of carbonyl (C=O) groups is 1. The summed E-state index contributed by atoms with van der Waals surface area (Å²) < 4.78 is 10.4. The van der Waals surface area contributed by atoms with Gasteiger partial charge in [-0.1, -0.05) is 11.6 Å². The maximum atomic E-state index is 10.6. The lowest BCUT2D eigenvalue weighted by atomic mass is 10.1. The van der Waals surface area contributed by atoms with Crippen LogP contribution in [0.1, 0.15) is 12.0 Å². The van der Waals surface area contributed by atoms with Crippen LogP contribution in [0.5, 0.6) is 11.5 Å². The molecule has 106 valence electrons. The average Bonchev–Trinajstić information content (AvgIpc) is 2.43. The van der Waals surface area contributed by atoms with Gasteiger partial charge in [-0.25, -0.2) is 4.98 Å². The third-order valence-electron chi connectivity index (χ3n) is 2.95. The van der Waals surface area contributed by atoms with Gasteiger partial charge in [0.2, 0.25) is 0 Å². The normalized spacial score (nSPS) is 10.6. The summed E-state index contributed by atoms with van der Waals surface area (Å²) in [6, 6.07) is 5.36. The van der Waals surface area contributed by atoms with Crippen LogP contribution in [0.3, 0.4) is 0 Å². The van der Waals surface area contributed by atoms with E-state index in [0.29, 0.717) is 34.2 Å². The van der Waals surface area contributed by atoms with Crippen molar-refractivity contribution >= 4 is 28.5 Å². The number of carboxylic acids is 1. The largest absolute Gasteiger partial charge is 0.493 e. The number of hydrogen-bond donors (Lipinski definition) is 1. The maximum absolute atomic E-state index is 10.6. The number of aliphatic carboxylic acids is 1. The quantitative estimate of drug-likeness (QED) is 0.859. The number of methoxy groups -OCH3 is 2. The van der Waals surface area contributed by atoms with Crippen LogP contribution < -0.4 is 9.47 Å². The van der Waals surface area contributed by atoms with Crippen LogP contribution in [0, 0.1) is 0 Å². The van der Waals surface area contributed by atoms with Gasteiger partial charge in [-0.15, -0.1) is 0 Å². The molecule has 6 heteroatoms. The molecule has 0 saturated carbocycles. The van der Waals surface area contributed by atoms with E-state index in [4.69, 9.17) is 26.2 Å². The summed E-state index contributed by atoms with van der Waals surface area (Å²) in [5, 5.41) is 9.87. The van der Waals surface area contributed by atoms with E-state index in [2.05, 4.69) is 4.98 Å². The summed E-state index contributed by atoms with van der Waals surface area (Å²) in [5.74, 6) is 0.295. The van der Waals surface area contributed by atoms with Crippen molar-refractivity contribution in [3.8, 4) is 11.5 Å². The number of nitrogens with zero attached hydrogens (tertiary/aromatic N) is 1. The predicted octanol–water partition coefficient (Wildman–Crippen LogP) is 2.92. The number of pyridine rings is 1. The smallest absolute Gasteiger partial charge is 0.303 e. The fourth-order valence-corrected chi connectivity index (χ4v) is 2.18. The molecular formula is C14H14ClNO4. The van der Waals surface area contributed by atoms with Crippen molar-refractivity contribution in [3.05, 3.63) is 28.9 Å². The topological polar surface area (TPSA) is 68.7 Å². The van der Waals surface area contributed by atoms with Crippen LogP contribution in [0.2, 0.25) is 5.15 Å². The van der Waals surface area contributed by atoms with E-state index in [1.807, 2.05) is 6.07 Å². The zero-order valence-corrected chi connectivity index (χ0v) is 11.9. The fraction of sp³-hybridized carbons (Fsp3) is 0.286. The molecule has 0 aliphatic carbocycles. The summed E-state index contributed by atoms with van der Waals surface area (Å²) in [4.78, 5) is 14.9. The van der Waals surface area contributed by atoms with E-state index in [1.165, 1.54) is 0 Å². The zero-order chi connectivity index (χ0) is 14.7. The first kappa shape index (κ1) is 14.4.